The molecule has 2 rings (SSSR count). The van der Waals surface area contributed by atoms with Gasteiger partial charge >= 0.3 is 6.18 Å². The molecule has 18 heavy (non-hydrogen) atoms. The van der Waals surface area contributed by atoms with Gasteiger partial charge in [-0.2, -0.15) is 13.2 Å². The Morgan fingerprint density at radius 2 is 1.89 bits per heavy atom. The van der Waals surface area contributed by atoms with Gasteiger partial charge in [0.25, 0.3) is 0 Å². The van der Waals surface area contributed by atoms with E-state index in [1.807, 2.05) is 0 Å². The average molecular weight is 291 g/mol. The summed E-state index contributed by atoms with van der Waals surface area (Å²) in [6.45, 7) is 0. The summed E-state index contributed by atoms with van der Waals surface area (Å²) >= 11 is 11.6. The van der Waals surface area contributed by atoms with Crippen LogP contribution in [0, 0.1) is 6.07 Å². The average Bonchev–Trinajstić information content (AvgIpc) is 2.28. The maximum absolute atomic E-state index is 12.5. The van der Waals surface area contributed by atoms with Crippen LogP contribution in [0.4, 0.5) is 13.2 Å². The first kappa shape index (κ1) is 13.2. The van der Waals surface area contributed by atoms with Gasteiger partial charge in [0.15, 0.2) is 0 Å². The van der Waals surface area contributed by atoms with Crippen molar-refractivity contribution in [2.75, 3.05) is 0 Å². The Bertz CT molecular complexity index is 582. The minimum absolute atomic E-state index is 0.196. The third kappa shape index (κ3) is 2.76. The summed E-state index contributed by atoms with van der Waals surface area (Å²) in [5.74, 6) is 0. The number of rotatable bonds is 1. The Kier molecular flexibility index (Phi) is 3.50. The SMILES string of the molecule is FC(F)(F)c1[c]ccc(-c2ncc(Cl)cc2Cl)c1. The van der Waals surface area contributed by atoms with Gasteiger partial charge in [-0.05, 0) is 18.2 Å². The fourth-order valence-electron chi connectivity index (χ4n) is 1.40. The second kappa shape index (κ2) is 4.78. The standard InChI is InChI=1S/C12H5Cl2F3N/c13-9-5-10(14)11(18-6-9)7-2-1-3-8(4-7)12(15,16)17/h1-2,4-6H. The number of aromatic nitrogens is 1. The van der Waals surface area contributed by atoms with Crippen LogP contribution in [0.3, 0.4) is 0 Å². The van der Waals surface area contributed by atoms with Crippen molar-refractivity contribution in [3.05, 3.63) is 52.1 Å². The van der Waals surface area contributed by atoms with Crippen LogP contribution in [0.5, 0.6) is 0 Å². The van der Waals surface area contributed by atoms with Crippen LogP contribution in [0.2, 0.25) is 10.0 Å². The van der Waals surface area contributed by atoms with Gasteiger partial charge in [0, 0.05) is 11.8 Å². The Labute approximate surface area is 111 Å². The van der Waals surface area contributed by atoms with Gasteiger partial charge in [-0.15, -0.1) is 0 Å². The zero-order valence-electron chi connectivity index (χ0n) is 8.72. The molecule has 1 aromatic carbocycles. The first-order valence-electron chi connectivity index (χ1n) is 4.78. The van der Waals surface area contributed by atoms with Crippen molar-refractivity contribution in [1.82, 2.24) is 4.98 Å². The summed E-state index contributed by atoms with van der Waals surface area (Å²) in [5.41, 5.74) is -0.351. The molecular formula is C12H5Cl2F3N. The number of nitrogens with zero attached hydrogens (tertiary/aromatic N) is 1. The summed E-state index contributed by atoms with van der Waals surface area (Å²) in [6.07, 6.45) is -3.12. The molecule has 2 aromatic rings. The minimum atomic E-state index is -4.45. The van der Waals surface area contributed by atoms with Crippen LogP contribution < -0.4 is 0 Å². The van der Waals surface area contributed by atoms with Crippen LogP contribution in [0.15, 0.2) is 30.5 Å². The van der Waals surface area contributed by atoms with E-state index in [0.29, 0.717) is 5.02 Å². The number of pyridine rings is 1. The highest BCUT2D eigenvalue weighted by molar-refractivity contribution is 6.36. The predicted octanol–water partition coefficient (Wildman–Crippen LogP) is 4.87. The minimum Gasteiger partial charge on any atom is -0.253 e. The number of hydrogen-bond donors (Lipinski definition) is 0. The molecule has 0 aliphatic heterocycles. The van der Waals surface area contributed by atoms with Crippen LogP contribution in [0.1, 0.15) is 5.56 Å². The highest BCUT2D eigenvalue weighted by Gasteiger charge is 2.31. The zero-order valence-corrected chi connectivity index (χ0v) is 10.2. The third-order valence-corrected chi connectivity index (χ3v) is 2.68. The molecule has 6 heteroatoms. The lowest BCUT2D eigenvalue weighted by molar-refractivity contribution is -0.137. The van der Waals surface area contributed by atoms with E-state index in [4.69, 9.17) is 23.2 Å². The molecule has 0 N–H and O–H groups in total. The second-order valence-electron chi connectivity index (χ2n) is 3.47. The van der Waals surface area contributed by atoms with E-state index in [0.717, 1.165) is 6.07 Å². The van der Waals surface area contributed by atoms with Crippen molar-refractivity contribution in [1.29, 1.82) is 0 Å². The van der Waals surface area contributed by atoms with E-state index in [1.165, 1.54) is 24.4 Å². The molecular weight excluding hydrogens is 286 g/mol. The lowest BCUT2D eigenvalue weighted by Crippen LogP contribution is -2.05. The van der Waals surface area contributed by atoms with E-state index in [9.17, 15) is 13.2 Å². The van der Waals surface area contributed by atoms with Crippen molar-refractivity contribution in [2.24, 2.45) is 0 Å². The topological polar surface area (TPSA) is 12.9 Å². The first-order valence-corrected chi connectivity index (χ1v) is 5.54. The van der Waals surface area contributed by atoms with E-state index in [1.54, 1.807) is 0 Å². The number of alkyl halides is 3. The van der Waals surface area contributed by atoms with Crippen LogP contribution in [-0.2, 0) is 6.18 Å². The monoisotopic (exact) mass is 290 g/mol. The van der Waals surface area contributed by atoms with Crippen LogP contribution in [-0.4, -0.2) is 4.98 Å². The van der Waals surface area contributed by atoms with Crippen LogP contribution >= 0.6 is 23.2 Å². The number of benzene rings is 1. The molecule has 0 atom stereocenters. The Hall–Kier alpha value is -1.26. The first-order chi connectivity index (χ1) is 8.38. The molecule has 0 aliphatic rings. The molecule has 1 aromatic heterocycles. The molecule has 93 valence electrons. The molecule has 0 spiro atoms. The zero-order chi connectivity index (χ0) is 13.3. The summed E-state index contributed by atoms with van der Waals surface area (Å²) < 4.78 is 37.6. The van der Waals surface area contributed by atoms with Crippen LogP contribution in [0.25, 0.3) is 11.3 Å². The summed E-state index contributed by atoms with van der Waals surface area (Å²) in [7, 11) is 0. The molecule has 0 unspecified atom stereocenters. The Morgan fingerprint density at radius 3 is 2.50 bits per heavy atom. The normalized spacial score (nSPS) is 11.6. The lowest BCUT2D eigenvalue weighted by atomic mass is 10.1. The molecule has 0 bridgehead atoms. The van der Waals surface area contributed by atoms with E-state index < -0.39 is 11.7 Å². The van der Waals surface area contributed by atoms with Gasteiger partial charge in [0.2, 0.25) is 0 Å². The fraction of sp³-hybridized carbons (Fsp3) is 0.0833. The second-order valence-corrected chi connectivity index (χ2v) is 4.32. The van der Waals surface area contributed by atoms with Crippen molar-refractivity contribution < 1.29 is 13.2 Å². The van der Waals surface area contributed by atoms with Crippen molar-refractivity contribution >= 4 is 23.2 Å². The van der Waals surface area contributed by atoms with Gasteiger partial charge in [-0.25, -0.2) is 0 Å². The van der Waals surface area contributed by atoms with Crippen molar-refractivity contribution in [3.8, 4) is 11.3 Å². The smallest absolute Gasteiger partial charge is 0.253 e. The van der Waals surface area contributed by atoms with Gasteiger partial charge in [-0.1, -0.05) is 35.3 Å². The van der Waals surface area contributed by atoms with Crippen molar-refractivity contribution in [2.45, 2.75) is 6.18 Å². The largest absolute Gasteiger partial charge is 0.417 e. The third-order valence-electron chi connectivity index (χ3n) is 2.19. The molecule has 0 saturated carbocycles. The molecule has 0 amide bonds. The molecule has 1 heterocycles. The predicted molar refractivity (Wildman–Crippen MR) is 63.5 cm³/mol. The van der Waals surface area contributed by atoms with Crippen molar-refractivity contribution in [3.63, 3.8) is 0 Å². The van der Waals surface area contributed by atoms with Gasteiger partial charge in [-0.3, -0.25) is 4.98 Å². The molecule has 0 aliphatic carbocycles. The Balaban J connectivity index is 2.51. The summed E-state index contributed by atoms with van der Waals surface area (Å²) in [4.78, 5) is 3.93. The van der Waals surface area contributed by atoms with E-state index in [2.05, 4.69) is 11.1 Å². The number of hydrogen-bond acceptors (Lipinski definition) is 1. The van der Waals surface area contributed by atoms with Gasteiger partial charge < -0.3 is 0 Å². The lowest BCUT2D eigenvalue weighted by Gasteiger charge is -2.09. The summed E-state index contributed by atoms with van der Waals surface area (Å²) in [5, 5.41) is 0.518. The van der Waals surface area contributed by atoms with E-state index >= 15 is 0 Å². The Morgan fingerprint density at radius 1 is 1.17 bits per heavy atom. The molecule has 1 radical (unpaired) electrons. The number of halogens is 5. The van der Waals surface area contributed by atoms with Gasteiger partial charge in [0.1, 0.15) is 0 Å². The molecule has 0 fully saturated rings. The molecule has 0 saturated heterocycles. The highest BCUT2D eigenvalue weighted by Crippen LogP contribution is 2.33. The summed E-state index contributed by atoms with van der Waals surface area (Å²) in [6, 6.07) is 7.14. The van der Waals surface area contributed by atoms with Gasteiger partial charge in [0.05, 0.1) is 21.3 Å². The quantitative estimate of drug-likeness (QED) is 0.730. The maximum atomic E-state index is 12.5. The fourth-order valence-corrected chi connectivity index (χ4v) is 1.89. The molecule has 1 nitrogen and oxygen atoms in total. The highest BCUT2D eigenvalue weighted by atomic mass is 35.5. The maximum Gasteiger partial charge on any atom is 0.417 e. The van der Waals surface area contributed by atoms with E-state index in [-0.39, 0.29) is 16.3 Å².